The van der Waals surface area contributed by atoms with Gasteiger partial charge in [-0.2, -0.15) is 0 Å². The summed E-state index contributed by atoms with van der Waals surface area (Å²) in [7, 11) is 0. The second kappa shape index (κ2) is 13.6. The van der Waals surface area contributed by atoms with Gasteiger partial charge in [0.2, 0.25) is 0 Å². The fourth-order valence-electron chi connectivity index (χ4n) is 9.90. The first-order valence-corrected chi connectivity index (χ1v) is 21.1. The molecule has 0 saturated heterocycles. The molecule has 13 aromatic rings. The molecule has 0 atom stereocenters. The van der Waals surface area contributed by atoms with E-state index in [1.54, 1.807) is 0 Å². The summed E-state index contributed by atoms with van der Waals surface area (Å²) in [5.74, 6) is 0. The molecule has 0 aliphatic carbocycles. The monoisotopic (exact) mass is 792 g/mol. The second-order valence-electron chi connectivity index (χ2n) is 16.0. The highest BCUT2D eigenvalue weighted by Gasteiger charge is 2.25. The minimum Gasteiger partial charge on any atom is -0.456 e. The fraction of sp³-hybridized carbons (Fsp3) is 0. The van der Waals surface area contributed by atoms with Crippen LogP contribution in [0, 0.1) is 0 Å². The summed E-state index contributed by atoms with van der Waals surface area (Å²) in [6.07, 6.45) is 0. The van der Waals surface area contributed by atoms with Gasteiger partial charge in [-0.25, -0.2) is 0 Å². The maximum Gasteiger partial charge on any atom is 0.138 e. The Morgan fingerprint density at radius 1 is 0.355 bits per heavy atom. The maximum atomic E-state index is 6.76. The molecule has 13 rings (SSSR count). The van der Waals surface area contributed by atoms with Gasteiger partial charge < -0.3 is 18.3 Å². The number of rotatable bonds is 6. The Bertz CT molecular complexity index is 3850. The molecule has 0 spiro atoms. The van der Waals surface area contributed by atoms with Gasteiger partial charge in [-0.1, -0.05) is 146 Å². The van der Waals surface area contributed by atoms with Gasteiger partial charge in [0, 0.05) is 72.3 Å². The van der Waals surface area contributed by atoms with Crippen LogP contribution in [0.4, 0.5) is 17.1 Å². The number of benzene rings is 10. The van der Waals surface area contributed by atoms with Crippen molar-refractivity contribution in [3.05, 3.63) is 218 Å². The lowest BCUT2D eigenvalue weighted by molar-refractivity contribution is 0.668. The summed E-state index contributed by atoms with van der Waals surface area (Å²) in [5, 5.41) is 9.26. The van der Waals surface area contributed by atoms with E-state index in [-0.39, 0.29) is 0 Å². The predicted molar refractivity (Wildman–Crippen MR) is 258 cm³/mol. The second-order valence-corrected chi connectivity index (χ2v) is 16.0. The van der Waals surface area contributed by atoms with Crippen LogP contribution in [0.25, 0.3) is 104 Å². The van der Waals surface area contributed by atoms with Crippen molar-refractivity contribution in [1.82, 2.24) is 4.57 Å². The Morgan fingerprint density at radius 2 is 0.935 bits per heavy atom. The quantitative estimate of drug-likeness (QED) is 0.168. The first-order valence-electron chi connectivity index (χ1n) is 21.1. The highest BCUT2D eigenvalue weighted by Crippen LogP contribution is 2.49. The van der Waals surface area contributed by atoms with Gasteiger partial charge in [0.05, 0.1) is 11.0 Å². The van der Waals surface area contributed by atoms with Crippen LogP contribution < -0.4 is 4.90 Å². The zero-order chi connectivity index (χ0) is 40.7. The maximum absolute atomic E-state index is 6.76. The van der Waals surface area contributed by atoms with Gasteiger partial charge >= 0.3 is 0 Å². The molecule has 4 nitrogen and oxygen atoms in total. The van der Waals surface area contributed by atoms with Crippen molar-refractivity contribution in [3.8, 4) is 27.9 Å². The topological polar surface area (TPSA) is 34.5 Å². The molecule has 0 saturated carbocycles. The lowest BCUT2D eigenvalue weighted by atomic mass is 9.93. The molecule has 62 heavy (non-hydrogen) atoms. The normalized spacial score (nSPS) is 11.9. The average Bonchev–Trinajstić information content (AvgIpc) is 4.01. The summed E-state index contributed by atoms with van der Waals surface area (Å²) in [4.78, 5) is 2.32. The predicted octanol–water partition coefficient (Wildman–Crippen LogP) is 16.5. The van der Waals surface area contributed by atoms with Gasteiger partial charge in [-0.05, 0) is 88.6 Å². The summed E-state index contributed by atoms with van der Waals surface area (Å²) in [5.41, 5.74) is 14.7. The third-order valence-electron chi connectivity index (χ3n) is 12.6. The molecule has 0 radical (unpaired) electrons. The first kappa shape index (κ1) is 34.5. The van der Waals surface area contributed by atoms with Crippen molar-refractivity contribution < 1.29 is 8.83 Å². The molecule has 0 bridgehead atoms. The Labute approximate surface area is 356 Å². The van der Waals surface area contributed by atoms with E-state index in [2.05, 4.69) is 210 Å². The van der Waals surface area contributed by atoms with Gasteiger partial charge in [-0.3, -0.25) is 0 Å². The number of nitrogens with zero attached hydrogens (tertiary/aromatic N) is 2. The Morgan fingerprint density at radius 3 is 1.76 bits per heavy atom. The zero-order valence-electron chi connectivity index (χ0n) is 33.5. The molecule has 0 unspecified atom stereocenters. The van der Waals surface area contributed by atoms with E-state index >= 15 is 0 Å². The standard InChI is InChI=1S/C58H36N2O2/c1-3-16-38(17-4-1)55-56-48-26-14-25-46(44-24-13-18-37-15-7-8-21-43(37)44)58(48)60(50(56)36-54-57(55)47-23-10-12-28-52(47)62-54)41-31-29-40(30-32-41)59(39-19-5-2-6-20-39)42-33-34-53-49(35-42)45-22-9-11-27-51(45)61-53/h1-36H. The first-order chi connectivity index (χ1) is 30.8. The Hall–Kier alpha value is -8.34. The highest BCUT2D eigenvalue weighted by atomic mass is 16.3. The fourth-order valence-corrected chi connectivity index (χ4v) is 9.90. The number of fused-ring (bicyclic) bond motifs is 10. The Kier molecular flexibility index (Phi) is 7.57. The number of para-hydroxylation sites is 4. The van der Waals surface area contributed by atoms with E-state index in [0.717, 1.165) is 83.2 Å². The third kappa shape index (κ3) is 5.20. The lowest BCUT2D eigenvalue weighted by Crippen LogP contribution is -2.10. The van der Waals surface area contributed by atoms with Crippen LogP contribution in [0.5, 0.6) is 0 Å². The molecular formula is C58H36N2O2. The molecule has 3 aromatic heterocycles. The number of furan rings is 2. The molecule has 10 aromatic carbocycles. The smallest absolute Gasteiger partial charge is 0.138 e. The summed E-state index contributed by atoms with van der Waals surface area (Å²) < 4.78 is 15.5. The summed E-state index contributed by atoms with van der Waals surface area (Å²) in [6, 6.07) is 78.0. The van der Waals surface area contributed by atoms with Crippen LogP contribution in [-0.2, 0) is 0 Å². The van der Waals surface area contributed by atoms with E-state index < -0.39 is 0 Å². The lowest BCUT2D eigenvalue weighted by Gasteiger charge is -2.26. The SMILES string of the molecule is c1ccc(-c2c3c(cc4c2c2cccc(-c5cccc6ccccc56)c2n4-c2ccc(N(c4ccccc4)c4ccc5oc6ccccc6c5c4)cc2)oc2ccccc23)cc1. The van der Waals surface area contributed by atoms with E-state index in [1.165, 1.54) is 38.2 Å². The Balaban J connectivity index is 1.10. The van der Waals surface area contributed by atoms with E-state index in [9.17, 15) is 0 Å². The van der Waals surface area contributed by atoms with Crippen molar-refractivity contribution in [3.63, 3.8) is 0 Å². The van der Waals surface area contributed by atoms with Crippen molar-refractivity contribution in [2.75, 3.05) is 4.90 Å². The van der Waals surface area contributed by atoms with E-state index in [4.69, 9.17) is 8.83 Å². The van der Waals surface area contributed by atoms with Gasteiger partial charge in [0.1, 0.15) is 22.3 Å². The zero-order valence-corrected chi connectivity index (χ0v) is 33.5. The van der Waals surface area contributed by atoms with Crippen LogP contribution in [0.15, 0.2) is 227 Å². The van der Waals surface area contributed by atoms with Crippen LogP contribution in [0.1, 0.15) is 0 Å². The average molecular weight is 793 g/mol. The number of hydrogen-bond acceptors (Lipinski definition) is 3. The molecule has 0 N–H and O–H groups in total. The molecule has 0 fully saturated rings. The van der Waals surface area contributed by atoms with Crippen molar-refractivity contribution in [1.29, 1.82) is 0 Å². The largest absolute Gasteiger partial charge is 0.456 e. The minimum absolute atomic E-state index is 0.863. The number of anilines is 3. The van der Waals surface area contributed by atoms with Crippen LogP contribution in [0.3, 0.4) is 0 Å². The highest BCUT2D eigenvalue weighted by molar-refractivity contribution is 6.28. The van der Waals surface area contributed by atoms with E-state index in [1.807, 2.05) is 18.2 Å². The molecule has 0 aliphatic rings. The van der Waals surface area contributed by atoms with Crippen LogP contribution in [-0.4, -0.2) is 4.57 Å². The van der Waals surface area contributed by atoms with Gasteiger partial charge in [0.15, 0.2) is 0 Å². The molecule has 4 heteroatoms. The van der Waals surface area contributed by atoms with Gasteiger partial charge in [0.25, 0.3) is 0 Å². The third-order valence-corrected chi connectivity index (χ3v) is 12.6. The van der Waals surface area contributed by atoms with Gasteiger partial charge in [-0.15, -0.1) is 0 Å². The molecule has 3 heterocycles. The molecule has 290 valence electrons. The van der Waals surface area contributed by atoms with E-state index in [0.29, 0.717) is 0 Å². The summed E-state index contributed by atoms with van der Waals surface area (Å²) >= 11 is 0. The molecule has 0 amide bonds. The van der Waals surface area contributed by atoms with Crippen molar-refractivity contribution in [2.45, 2.75) is 0 Å². The van der Waals surface area contributed by atoms with Crippen molar-refractivity contribution in [2.24, 2.45) is 0 Å². The summed E-state index contributed by atoms with van der Waals surface area (Å²) in [6.45, 7) is 0. The molecular weight excluding hydrogens is 757 g/mol. The molecule has 0 aliphatic heterocycles. The van der Waals surface area contributed by atoms with Crippen molar-refractivity contribution >= 4 is 93.5 Å². The number of hydrogen-bond donors (Lipinski definition) is 0. The minimum atomic E-state index is 0.863. The number of aromatic nitrogens is 1. The van der Waals surface area contributed by atoms with Crippen LogP contribution in [0.2, 0.25) is 0 Å². The van der Waals surface area contributed by atoms with Crippen LogP contribution >= 0.6 is 0 Å².